The van der Waals surface area contributed by atoms with Crippen LogP contribution in [0.5, 0.6) is 11.5 Å². The van der Waals surface area contributed by atoms with Crippen LogP contribution < -0.4 is 9.47 Å². The summed E-state index contributed by atoms with van der Waals surface area (Å²) in [5.41, 5.74) is 2.07. The lowest BCUT2D eigenvalue weighted by Crippen LogP contribution is -1.94. The minimum Gasteiger partial charge on any atom is -0.493 e. The summed E-state index contributed by atoms with van der Waals surface area (Å²) in [4.78, 5) is 8.67. The Morgan fingerprint density at radius 3 is 2.65 bits per heavy atom. The summed E-state index contributed by atoms with van der Waals surface area (Å²) >= 11 is 6.11. The summed E-state index contributed by atoms with van der Waals surface area (Å²) in [6.45, 7) is 0. The number of nitrogens with one attached hydrogen (secondary N) is 1. The van der Waals surface area contributed by atoms with Crippen LogP contribution in [0.15, 0.2) is 24.4 Å². The number of hydrogen-bond acceptors (Lipinski definition) is 5. The number of aromatic amines is 1. The topological polar surface area (TPSA) is 72.9 Å². The molecule has 0 amide bonds. The van der Waals surface area contributed by atoms with Crippen molar-refractivity contribution in [3.8, 4) is 22.9 Å². The summed E-state index contributed by atoms with van der Waals surface area (Å²) < 4.78 is 10.5. The first-order valence-electron chi connectivity index (χ1n) is 5.82. The van der Waals surface area contributed by atoms with E-state index in [0.717, 1.165) is 5.56 Å². The van der Waals surface area contributed by atoms with Gasteiger partial charge in [-0.15, -0.1) is 0 Å². The second-order valence-corrected chi connectivity index (χ2v) is 4.40. The number of aromatic nitrogens is 4. The average molecular weight is 291 g/mol. The van der Waals surface area contributed by atoms with Crippen molar-refractivity contribution in [2.24, 2.45) is 0 Å². The lowest BCUT2D eigenvalue weighted by molar-refractivity contribution is 0.355. The van der Waals surface area contributed by atoms with Crippen LogP contribution in [0.3, 0.4) is 0 Å². The zero-order chi connectivity index (χ0) is 14.1. The molecule has 0 saturated heterocycles. The van der Waals surface area contributed by atoms with Crippen LogP contribution in [0.4, 0.5) is 0 Å². The highest BCUT2D eigenvalue weighted by Crippen LogP contribution is 2.32. The SMILES string of the molecule is COc1ccc(-c2nc(Cl)c3[nH]ncc3n2)cc1OC. The maximum atomic E-state index is 6.11. The quantitative estimate of drug-likeness (QED) is 0.751. The molecule has 0 aliphatic heterocycles. The molecule has 0 saturated carbocycles. The third kappa shape index (κ3) is 2.04. The number of hydrogen-bond donors (Lipinski definition) is 1. The summed E-state index contributed by atoms with van der Waals surface area (Å²) in [5.74, 6) is 1.76. The van der Waals surface area contributed by atoms with E-state index < -0.39 is 0 Å². The van der Waals surface area contributed by atoms with Crippen LogP contribution in [-0.4, -0.2) is 34.4 Å². The number of halogens is 1. The molecule has 0 unspecified atom stereocenters. The highest BCUT2D eigenvalue weighted by atomic mass is 35.5. The predicted molar refractivity (Wildman–Crippen MR) is 75.2 cm³/mol. The molecule has 102 valence electrons. The van der Waals surface area contributed by atoms with Crippen LogP contribution in [0.1, 0.15) is 0 Å². The van der Waals surface area contributed by atoms with Crippen molar-refractivity contribution in [2.75, 3.05) is 14.2 Å². The highest BCUT2D eigenvalue weighted by molar-refractivity contribution is 6.33. The standard InChI is InChI=1S/C13H11ClN4O2/c1-19-9-4-3-7(5-10(9)20-2)13-16-8-6-15-18-11(8)12(14)17-13/h3-6H,1-2H3,(H,15,18). The van der Waals surface area contributed by atoms with E-state index in [1.54, 1.807) is 32.5 Å². The van der Waals surface area contributed by atoms with Crippen LogP contribution in [0, 0.1) is 0 Å². The second-order valence-electron chi connectivity index (χ2n) is 4.04. The Balaban J connectivity index is 2.14. The molecule has 0 spiro atoms. The normalized spacial score (nSPS) is 10.8. The number of nitrogens with zero attached hydrogens (tertiary/aromatic N) is 3. The van der Waals surface area contributed by atoms with Gasteiger partial charge in [-0.1, -0.05) is 11.6 Å². The minimum atomic E-state index is 0.331. The van der Waals surface area contributed by atoms with E-state index in [4.69, 9.17) is 21.1 Å². The lowest BCUT2D eigenvalue weighted by atomic mass is 10.2. The van der Waals surface area contributed by atoms with E-state index in [9.17, 15) is 0 Å². The van der Waals surface area contributed by atoms with Crippen molar-refractivity contribution < 1.29 is 9.47 Å². The van der Waals surface area contributed by atoms with Gasteiger partial charge >= 0.3 is 0 Å². The Labute approximate surface area is 119 Å². The van der Waals surface area contributed by atoms with Crippen molar-refractivity contribution in [1.82, 2.24) is 20.2 Å². The molecule has 0 atom stereocenters. The summed E-state index contributed by atoms with van der Waals surface area (Å²) in [6, 6.07) is 5.44. The Hall–Kier alpha value is -2.34. The van der Waals surface area contributed by atoms with Crippen LogP contribution >= 0.6 is 11.6 Å². The van der Waals surface area contributed by atoms with Crippen molar-refractivity contribution in [2.45, 2.75) is 0 Å². The molecule has 6 nitrogen and oxygen atoms in total. The first kappa shape index (κ1) is 12.7. The molecule has 2 heterocycles. The fraction of sp³-hybridized carbons (Fsp3) is 0.154. The van der Waals surface area contributed by atoms with Crippen LogP contribution in [-0.2, 0) is 0 Å². The van der Waals surface area contributed by atoms with Gasteiger partial charge in [0.2, 0.25) is 0 Å². The van der Waals surface area contributed by atoms with Gasteiger partial charge < -0.3 is 9.47 Å². The molecular formula is C13H11ClN4O2. The van der Waals surface area contributed by atoms with E-state index in [-0.39, 0.29) is 0 Å². The lowest BCUT2D eigenvalue weighted by Gasteiger charge is -2.09. The van der Waals surface area contributed by atoms with Crippen molar-refractivity contribution in [3.05, 3.63) is 29.5 Å². The molecule has 3 aromatic rings. The highest BCUT2D eigenvalue weighted by Gasteiger charge is 2.12. The fourth-order valence-corrected chi connectivity index (χ4v) is 2.13. The smallest absolute Gasteiger partial charge is 0.161 e. The van der Waals surface area contributed by atoms with Gasteiger partial charge in [-0.05, 0) is 18.2 Å². The number of H-pyrrole nitrogens is 1. The third-order valence-corrected chi connectivity index (χ3v) is 3.17. The van der Waals surface area contributed by atoms with Gasteiger partial charge in [0, 0.05) is 5.56 Å². The van der Waals surface area contributed by atoms with Crippen LogP contribution in [0.25, 0.3) is 22.4 Å². The molecule has 0 radical (unpaired) electrons. The van der Waals surface area contributed by atoms with E-state index in [0.29, 0.717) is 33.5 Å². The summed E-state index contributed by atoms with van der Waals surface area (Å²) in [5, 5.41) is 6.99. The van der Waals surface area contributed by atoms with Crippen molar-refractivity contribution in [1.29, 1.82) is 0 Å². The second kappa shape index (κ2) is 4.97. The molecule has 0 bridgehead atoms. The summed E-state index contributed by atoms with van der Waals surface area (Å²) in [7, 11) is 3.16. The monoisotopic (exact) mass is 290 g/mol. The first-order chi connectivity index (χ1) is 9.72. The third-order valence-electron chi connectivity index (χ3n) is 2.90. The predicted octanol–water partition coefficient (Wildman–Crippen LogP) is 2.69. The number of methoxy groups -OCH3 is 2. The minimum absolute atomic E-state index is 0.331. The molecule has 7 heteroatoms. The number of ether oxygens (including phenoxy) is 2. The number of benzene rings is 1. The first-order valence-corrected chi connectivity index (χ1v) is 6.19. The maximum absolute atomic E-state index is 6.11. The van der Waals surface area contributed by atoms with Gasteiger partial charge in [-0.2, -0.15) is 5.10 Å². The van der Waals surface area contributed by atoms with Gasteiger partial charge in [0.1, 0.15) is 11.0 Å². The Morgan fingerprint density at radius 2 is 1.90 bits per heavy atom. The fourth-order valence-electron chi connectivity index (χ4n) is 1.91. The maximum Gasteiger partial charge on any atom is 0.161 e. The van der Waals surface area contributed by atoms with Gasteiger partial charge in [0.15, 0.2) is 22.5 Å². The molecule has 0 aliphatic carbocycles. The van der Waals surface area contributed by atoms with Crippen LogP contribution in [0.2, 0.25) is 5.15 Å². The molecule has 20 heavy (non-hydrogen) atoms. The molecule has 3 rings (SSSR count). The number of fused-ring (bicyclic) bond motifs is 1. The number of rotatable bonds is 3. The Morgan fingerprint density at radius 1 is 1.10 bits per heavy atom. The van der Waals surface area contributed by atoms with Gasteiger partial charge in [0.05, 0.1) is 20.4 Å². The zero-order valence-corrected chi connectivity index (χ0v) is 11.6. The molecule has 1 N–H and O–H groups in total. The van der Waals surface area contributed by atoms with E-state index >= 15 is 0 Å². The molecule has 0 fully saturated rings. The molecular weight excluding hydrogens is 280 g/mol. The van der Waals surface area contributed by atoms with E-state index in [1.165, 1.54) is 0 Å². The molecule has 0 aliphatic rings. The Kier molecular flexibility index (Phi) is 3.15. The van der Waals surface area contributed by atoms with E-state index in [1.807, 2.05) is 6.07 Å². The average Bonchev–Trinajstić information content (AvgIpc) is 2.95. The zero-order valence-electron chi connectivity index (χ0n) is 10.8. The molecule has 2 aromatic heterocycles. The summed E-state index contributed by atoms with van der Waals surface area (Å²) in [6.07, 6.45) is 1.60. The largest absolute Gasteiger partial charge is 0.493 e. The molecule has 1 aromatic carbocycles. The van der Waals surface area contributed by atoms with Gasteiger partial charge in [0.25, 0.3) is 0 Å². The van der Waals surface area contributed by atoms with Crippen molar-refractivity contribution in [3.63, 3.8) is 0 Å². The van der Waals surface area contributed by atoms with E-state index in [2.05, 4.69) is 20.2 Å². The Bertz CT molecular complexity index is 772. The van der Waals surface area contributed by atoms with Crippen molar-refractivity contribution >= 4 is 22.6 Å². The van der Waals surface area contributed by atoms with Gasteiger partial charge in [-0.3, -0.25) is 5.10 Å². The van der Waals surface area contributed by atoms with Gasteiger partial charge in [-0.25, -0.2) is 9.97 Å².